The van der Waals surface area contributed by atoms with Crippen molar-refractivity contribution in [3.05, 3.63) is 65.7 Å². The van der Waals surface area contributed by atoms with Crippen molar-refractivity contribution in [3.63, 3.8) is 0 Å². The highest BCUT2D eigenvalue weighted by molar-refractivity contribution is 7.89. The molecule has 1 aromatic heterocycles. The number of halogens is 3. The Morgan fingerprint density at radius 1 is 0.933 bits per heavy atom. The predicted molar refractivity (Wildman–Crippen MR) is 99.5 cm³/mol. The summed E-state index contributed by atoms with van der Waals surface area (Å²) in [5.41, 5.74) is 0.279. The van der Waals surface area contributed by atoms with Gasteiger partial charge in [0.25, 0.3) is 0 Å². The molecule has 0 N–H and O–H groups in total. The van der Waals surface area contributed by atoms with Gasteiger partial charge in [-0.15, -0.1) is 5.10 Å². The third kappa shape index (κ3) is 4.06. The summed E-state index contributed by atoms with van der Waals surface area (Å²) in [7, 11) is -3.79. The summed E-state index contributed by atoms with van der Waals surface area (Å²) in [6, 6.07) is 8.26. The highest BCUT2D eigenvalue weighted by Gasteiger charge is 2.29. The van der Waals surface area contributed by atoms with Crippen molar-refractivity contribution < 1.29 is 21.6 Å². The van der Waals surface area contributed by atoms with E-state index in [1.807, 2.05) is 4.90 Å². The van der Waals surface area contributed by atoms with Crippen LogP contribution in [0.3, 0.4) is 0 Å². The van der Waals surface area contributed by atoms with Crippen molar-refractivity contribution in [1.82, 2.24) is 29.4 Å². The van der Waals surface area contributed by atoms with E-state index < -0.39 is 27.5 Å². The Morgan fingerprint density at radius 3 is 2.40 bits per heavy atom. The van der Waals surface area contributed by atoms with Gasteiger partial charge >= 0.3 is 0 Å². The van der Waals surface area contributed by atoms with Crippen LogP contribution in [0.1, 0.15) is 5.82 Å². The molecule has 1 saturated heterocycles. The fourth-order valence-electron chi connectivity index (χ4n) is 3.23. The van der Waals surface area contributed by atoms with Crippen LogP contribution >= 0.6 is 0 Å². The molecule has 0 amide bonds. The van der Waals surface area contributed by atoms with Crippen LogP contribution in [-0.4, -0.2) is 64.0 Å². The standard InChI is InChI=1S/C18H17F3N6O2S/c19-13-2-1-3-15(10-13)30(28,29)26-8-6-25(7-9-26)12-18-22-23-24-27(18)14-4-5-16(20)17(21)11-14/h1-5,10-11H,6-9,12H2. The number of rotatable bonds is 5. The molecule has 1 aliphatic heterocycles. The summed E-state index contributed by atoms with van der Waals surface area (Å²) in [6.07, 6.45) is 0. The third-order valence-corrected chi connectivity index (χ3v) is 6.71. The second kappa shape index (κ2) is 8.13. The quantitative estimate of drug-likeness (QED) is 0.602. The van der Waals surface area contributed by atoms with E-state index in [0.29, 0.717) is 25.5 Å². The lowest BCUT2D eigenvalue weighted by molar-refractivity contribution is 0.177. The van der Waals surface area contributed by atoms with E-state index in [0.717, 1.165) is 18.2 Å². The van der Waals surface area contributed by atoms with Gasteiger partial charge in [0.1, 0.15) is 5.82 Å². The molecule has 0 unspecified atom stereocenters. The summed E-state index contributed by atoms with van der Waals surface area (Å²) >= 11 is 0. The van der Waals surface area contributed by atoms with Crippen molar-refractivity contribution >= 4 is 10.0 Å². The van der Waals surface area contributed by atoms with E-state index in [4.69, 9.17) is 0 Å². The molecule has 3 aromatic rings. The molecule has 1 aliphatic rings. The van der Waals surface area contributed by atoms with Gasteiger partial charge in [0.15, 0.2) is 17.5 Å². The Bertz CT molecular complexity index is 1160. The largest absolute Gasteiger partial charge is 0.293 e. The Kier molecular flexibility index (Phi) is 5.54. The van der Waals surface area contributed by atoms with Crippen molar-refractivity contribution in [2.45, 2.75) is 11.4 Å². The van der Waals surface area contributed by atoms with Crippen LogP contribution in [-0.2, 0) is 16.6 Å². The molecule has 2 heterocycles. The molecular formula is C18H17F3N6O2S. The summed E-state index contributed by atoms with van der Waals surface area (Å²) in [4.78, 5) is 1.86. The zero-order valence-electron chi connectivity index (χ0n) is 15.6. The maximum Gasteiger partial charge on any atom is 0.243 e. The fraction of sp³-hybridized carbons (Fsp3) is 0.278. The molecule has 1 fully saturated rings. The molecule has 30 heavy (non-hydrogen) atoms. The van der Waals surface area contributed by atoms with Gasteiger partial charge in [0.05, 0.1) is 17.1 Å². The number of sulfonamides is 1. The molecule has 0 radical (unpaired) electrons. The van der Waals surface area contributed by atoms with Crippen LogP contribution in [0.2, 0.25) is 0 Å². The van der Waals surface area contributed by atoms with Gasteiger partial charge in [0, 0.05) is 32.2 Å². The van der Waals surface area contributed by atoms with Gasteiger partial charge in [0.2, 0.25) is 10.0 Å². The van der Waals surface area contributed by atoms with Crippen molar-refractivity contribution in [2.24, 2.45) is 0 Å². The molecular weight excluding hydrogens is 421 g/mol. The van der Waals surface area contributed by atoms with E-state index in [2.05, 4.69) is 15.5 Å². The van der Waals surface area contributed by atoms with Crippen molar-refractivity contribution in [1.29, 1.82) is 0 Å². The van der Waals surface area contributed by atoms with Crippen molar-refractivity contribution in [2.75, 3.05) is 26.2 Å². The molecule has 0 bridgehead atoms. The van der Waals surface area contributed by atoms with Crippen molar-refractivity contribution in [3.8, 4) is 5.69 Å². The predicted octanol–water partition coefficient (Wildman–Crippen LogP) is 1.59. The first-order valence-corrected chi connectivity index (χ1v) is 10.5. The van der Waals surface area contributed by atoms with Crippen LogP contribution in [0.15, 0.2) is 47.4 Å². The van der Waals surface area contributed by atoms with E-state index in [1.165, 1.54) is 33.3 Å². The minimum Gasteiger partial charge on any atom is -0.293 e. The second-order valence-electron chi connectivity index (χ2n) is 6.74. The normalized spacial score (nSPS) is 16.1. The lowest BCUT2D eigenvalue weighted by atomic mass is 10.3. The first-order valence-electron chi connectivity index (χ1n) is 9.05. The topological polar surface area (TPSA) is 84.2 Å². The average Bonchev–Trinajstić information content (AvgIpc) is 3.18. The monoisotopic (exact) mass is 438 g/mol. The maximum atomic E-state index is 13.5. The molecule has 0 saturated carbocycles. The number of benzene rings is 2. The Hall–Kier alpha value is -2.83. The van der Waals surface area contributed by atoms with Crippen LogP contribution in [0, 0.1) is 17.5 Å². The average molecular weight is 438 g/mol. The smallest absolute Gasteiger partial charge is 0.243 e. The molecule has 12 heteroatoms. The molecule has 4 rings (SSSR count). The molecule has 0 spiro atoms. The van der Waals surface area contributed by atoms with Crippen LogP contribution in [0.25, 0.3) is 5.69 Å². The number of hydrogen-bond acceptors (Lipinski definition) is 6. The Labute approximate surface area is 170 Å². The minimum atomic E-state index is -3.79. The Balaban J connectivity index is 1.44. The number of piperazine rings is 1. The summed E-state index contributed by atoms with van der Waals surface area (Å²) < 4.78 is 68.1. The third-order valence-electron chi connectivity index (χ3n) is 4.81. The van der Waals surface area contributed by atoms with Crippen LogP contribution in [0.4, 0.5) is 13.2 Å². The minimum absolute atomic E-state index is 0.0850. The SMILES string of the molecule is O=S(=O)(c1cccc(F)c1)N1CCN(Cc2nnnn2-c2ccc(F)c(F)c2)CC1. The van der Waals surface area contributed by atoms with Crippen LogP contribution in [0.5, 0.6) is 0 Å². The molecule has 0 aliphatic carbocycles. The number of hydrogen-bond donors (Lipinski definition) is 0. The highest BCUT2D eigenvalue weighted by Crippen LogP contribution is 2.20. The van der Waals surface area contributed by atoms with E-state index in [9.17, 15) is 21.6 Å². The van der Waals surface area contributed by atoms with E-state index in [-0.39, 0.29) is 23.7 Å². The summed E-state index contributed by atoms with van der Waals surface area (Å²) in [6.45, 7) is 1.52. The summed E-state index contributed by atoms with van der Waals surface area (Å²) in [5.74, 6) is -2.18. The number of tetrazole rings is 1. The lowest BCUT2D eigenvalue weighted by Crippen LogP contribution is -2.48. The van der Waals surface area contributed by atoms with E-state index in [1.54, 1.807) is 0 Å². The van der Waals surface area contributed by atoms with Gasteiger partial charge in [-0.25, -0.2) is 21.6 Å². The number of nitrogens with zero attached hydrogens (tertiary/aromatic N) is 6. The van der Waals surface area contributed by atoms with Crippen LogP contribution < -0.4 is 0 Å². The first-order chi connectivity index (χ1) is 14.3. The van der Waals surface area contributed by atoms with E-state index >= 15 is 0 Å². The molecule has 8 nitrogen and oxygen atoms in total. The molecule has 158 valence electrons. The van der Waals surface area contributed by atoms with Gasteiger partial charge in [-0.1, -0.05) is 6.07 Å². The highest BCUT2D eigenvalue weighted by atomic mass is 32.2. The lowest BCUT2D eigenvalue weighted by Gasteiger charge is -2.33. The Morgan fingerprint density at radius 2 is 1.70 bits per heavy atom. The second-order valence-corrected chi connectivity index (χ2v) is 8.68. The molecule has 2 aromatic carbocycles. The van der Waals surface area contributed by atoms with Gasteiger partial charge in [-0.05, 0) is 40.8 Å². The van der Waals surface area contributed by atoms with Gasteiger partial charge in [-0.2, -0.15) is 8.99 Å². The van der Waals surface area contributed by atoms with Gasteiger partial charge < -0.3 is 0 Å². The summed E-state index contributed by atoms with van der Waals surface area (Å²) in [5, 5.41) is 11.4. The zero-order chi connectivity index (χ0) is 21.3. The molecule has 0 atom stereocenters. The zero-order valence-corrected chi connectivity index (χ0v) is 16.4. The maximum absolute atomic E-state index is 13.5. The number of aromatic nitrogens is 4. The first kappa shape index (κ1) is 20.4. The van der Waals surface area contributed by atoms with Gasteiger partial charge in [-0.3, -0.25) is 4.90 Å². The fourth-order valence-corrected chi connectivity index (χ4v) is 4.68.